The molecule has 0 spiro atoms. The zero-order valence-corrected chi connectivity index (χ0v) is 10.6. The number of nitrogens with two attached hydrogens (primary N) is 1. The lowest BCUT2D eigenvalue weighted by Crippen LogP contribution is -2.22. The van der Waals surface area contributed by atoms with Gasteiger partial charge in [-0.3, -0.25) is 9.48 Å². The third kappa shape index (κ3) is 2.63. The van der Waals surface area contributed by atoms with Crippen LogP contribution in [0, 0.1) is 5.82 Å². The quantitative estimate of drug-likeness (QED) is 0.848. The smallest absolute Gasteiger partial charge is 0.187 e. The van der Waals surface area contributed by atoms with E-state index >= 15 is 0 Å². The zero-order chi connectivity index (χ0) is 14.0. The van der Waals surface area contributed by atoms with Gasteiger partial charge in [0.2, 0.25) is 0 Å². The molecule has 5 nitrogen and oxygen atoms in total. The fraction of sp³-hybridized carbons (Fsp3) is 0.231. The molecule has 19 heavy (non-hydrogen) atoms. The SMILES string of the molecule is COc1ccc(C(=O)C(N)c2cnn(C)c2)c(F)c1. The van der Waals surface area contributed by atoms with Crippen molar-refractivity contribution >= 4 is 5.78 Å². The number of aromatic nitrogens is 2. The van der Waals surface area contributed by atoms with Gasteiger partial charge in [0.1, 0.15) is 11.6 Å². The predicted molar refractivity (Wildman–Crippen MR) is 67.4 cm³/mol. The molecule has 0 aliphatic rings. The number of carbonyl (C=O) groups is 1. The predicted octanol–water partition coefficient (Wildman–Crippen LogP) is 1.45. The Morgan fingerprint density at radius 3 is 2.79 bits per heavy atom. The van der Waals surface area contributed by atoms with Gasteiger partial charge in [-0.1, -0.05) is 0 Å². The first-order chi connectivity index (χ1) is 9.02. The normalized spacial score (nSPS) is 12.2. The van der Waals surface area contributed by atoms with Crippen molar-refractivity contribution in [2.24, 2.45) is 12.8 Å². The number of ketones is 1. The Hall–Kier alpha value is -2.21. The first-order valence-electron chi connectivity index (χ1n) is 5.65. The van der Waals surface area contributed by atoms with Crippen LogP contribution in [-0.4, -0.2) is 22.7 Å². The van der Waals surface area contributed by atoms with Gasteiger partial charge in [0, 0.05) is 24.9 Å². The molecule has 1 aromatic heterocycles. The minimum Gasteiger partial charge on any atom is -0.497 e. The molecular formula is C13H14FN3O2. The first-order valence-corrected chi connectivity index (χ1v) is 5.65. The van der Waals surface area contributed by atoms with Gasteiger partial charge in [-0.2, -0.15) is 5.10 Å². The Morgan fingerprint density at radius 2 is 2.26 bits per heavy atom. The summed E-state index contributed by atoms with van der Waals surface area (Å²) < 4.78 is 20.2. The highest BCUT2D eigenvalue weighted by molar-refractivity contribution is 6.00. The standard InChI is InChI=1S/C13H14FN3O2/c1-17-7-8(6-16-17)12(15)13(18)10-4-3-9(19-2)5-11(10)14/h3-7,12H,15H2,1-2H3. The van der Waals surface area contributed by atoms with Crippen molar-refractivity contribution in [3.8, 4) is 5.75 Å². The number of nitrogens with zero attached hydrogens (tertiary/aromatic N) is 2. The number of carbonyl (C=O) groups excluding carboxylic acids is 1. The van der Waals surface area contributed by atoms with Crippen LogP contribution in [0.25, 0.3) is 0 Å². The summed E-state index contributed by atoms with van der Waals surface area (Å²) in [6.45, 7) is 0. The summed E-state index contributed by atoms with van der Waals surface area (Å²) >= 11 is 0. The molecule has 6 heteroatoms. The molecule has 0 saturated heterocycles. The van der Waals surface area contributed by atoms with E-state index in [-0.39, 0.29) is 5.56 Å². The van der Waals surface area contributed by atoms with Gasteiger partial charge in [0.15, 0.2) is 5.78 Å². The van der Waals surface area contributed by atoms with Crippen molar-refractivity contribution in [2.75, 3.05) is 7.11 Å². The van der Waals surface area contributed by atoms with Crippen LogP contribution in [0.1, 0.15) is 22.0 Å². The lowest BCUT2D eigenvalue weighted by atomic mass is 10.00. The Morgan fingerprint density at radius 1 is 1.53 bits per heavy atom. The second kappa shape index (κ2) is 5.19. The van der Waals surface area contributed by atoms with Crippen LogP contribution in [0.5, 0.6) is 5.75 Å². The van der Waals surface area contributed by atoms with Gasteiger partial charge in [0.05, 0.1) is 24.9 Å². The Labute approximate surface area is 109 Å². The summed E-state index contributed by atoms with van der Waals surface area (Å²) in [5, 5.41) is 3.93. The summed E-state index contributed by atoms with van der Waals surface area (Å²) in [6, 6.07) is 3.11. The molecule has 0 aliphatic heterocycles. The fourth-order valence-electron chi connectivity index (χ4n) is 1.74. The van der Waals surface area contributed by atoms with E-state index in [0.29, 0.717) is 11.3 Å². The van der Waals surface area contributed by atoms with Crippen LogP contribution >= 0.6 is 0 Å². The largest absolute Gasteiger partial charge is 0.497 e. The number of rotatable bonds is 4. The van der Waals surface area contributed by atoms with Crippen molar-refractivity contribution in [2.45, 2.75) is 6.04 Å². The topological polar surface area (TPSA) is 70.1 Å². The zero-order valence-electron chi connectivity index (χ0n) is 10.6. The third-order valence-corrected chi connectivity index (χ3v) is 2.81. The van der Waals surface area contributed by atoms with Crippen LogP contribution in [0.4, 0.5) is 4.39 Å². The molecule has 100 valence electrons. The maximum absolute atomic E-state index is 13.8. The molecule has 0 fully saturated rings. The van der Waals surface area contributed by atoms with Crippen molar-refractivity contribution < 1.29 is 13.9 Å². The van der Waals surface area contributed by atoms with E-state index in [4.69, 9.17) is 10.5 Å². The summed E-state index contributed by atoms with van der Waals surface area (Å²) in [6.07, 6.45) is 3.12. The highest BCUT2D eigenvalue weighted by Gasteiger charge is 2.22. The number of ether oxygens (including phenoxy) is 1. The van der Waals surface area contributed by atoms with Gasteiger partial charge >= 0.3 is 0 Å². The second-order valence-electron chi connectivity index (χ2n) is 4.14. The molecule has 0 saturated carbocycles. The van der Waals surface area contributed by atoms with Crippen molar-refractivity contribution in [1.82, 2.24) is 9.78 Å². The summed E-state index contributed by atoms with van der Waals surface area (Å²) in [7, 11) is 3.15. The first kappa shape index (κ1) is 13.2. The van der Waals surface area contributed by atoms with Gasteiger partial charge in [-0.05, 0) is 12.1 Å². The van der Waals surface area contributed by atoms with Gasteiger partial charge < -0.3 is 10.5 Å². The minimum absolute atomic E-state index is 0.0582. The summed E-state index contributed by atoms with van der Waals surface area (Å²) in [5.41, 5.74) is 6.31. The Bertz CT molecular complexity index is 610. The maximum atomic E-state index is 13.8. The van der Waals surface area contributed by atoms with E-state index in [1.54, 1.807) is 13.2 Å². The van der Waals surface area contributed by atoms with Crippen LogP contribution in [-0.2, 0) is 7.05 Å². The second-order valence-corrected chi connectivity index (χ2v) is 4.14. The molecule has 1 unspecified atom stereocenters. The monoisotopic (exact) mass is 263 g/mol. The molecule has 2 aromatic rings. The molecule has 0 bridgehead atoms. The lowest BCUT2D eigenvalue weighted by Gasteiger charge is -2.10. The van der Waals surface area contributed by atoms with Crippen molar-refractivity contribution in [1.29, 1.82) is 0 Å². The number of Topliss-reactive ketones (excluding diaryl/α,β-unsaturated/α-hetero) is 1. The molecule has 0 radical (unpaired) electrons. The van der Waals surface area contributed by atoms with E-state index in [9.17, 15) is 9.18 Å². The highest BCUT2D eigenvalue weighted by Crippen LogP contribution is 2.21. The minimum atomic E-state index is -0.934. The molecule has 1 heterocycles. The third-order valence-electron chi connectivity index (χ3n) is 2.81. The molecule has 2 N–H and O–H groups in total. The van der Waals surface area contributed by atoms with E-state index in [2.05, 4.69) is 5.10 Å². The van der Waals surface area contributed by atoms with E-state index in [1.165, 1.54) is 30.1 Å². The average molecular weight is 263 g/mol. The number of methoxy groups -OCH3 is 1. The van der Waals surface area contributed by atoms with Crippen LogP contribution in [0.3, 0.4) is 0 Å². The average Bonchev–Trinajstić information content (AvgIpc) is 2.83. The molecular weight excluding hydrogens is 249 g/mol. The molecule has 1 aromatic carbocycles. The van der Waals surface area contributed by atoms with E-state index in [0.717, 1.165) is 6.07 Å². The van der Waals surface area contributed by atoms with Gasteiger partial charge in [-0.25, -0.2) is 4.39 Å². The van der Waals surface area contributed by atoms with E-state index in [1.807, 2.05) is 0 Å². The number of hydrogen-bond donors (Lipinski definition) is 1. The number of hydrogen-bond acceptors (Lipinski definition) is 4. The van der Waals surface area contributed by atoms with Gasteiger partial charge in [-0.15, -0.1) is 0 Å². The molecule has 2 rings (SSSR count). The highest BCUT2D eigenvalue weighted by atomic mass is 19.1. The van der Waals surface area contributed by atoms with Crippen LogP contribution in [0.15, 0.2) is 30.6 Å². The number of benzene rings is 1. The Kier molecular flexibility index (Phi) is 3.62. The maximum Gasteiger partial charge on any atom is 0.187 e. The molecule has 1 atom stereocenters. The van der Waals surface area contributed by atoms with Crippen molar-refractivity contribution in [3.05, 3.63) is 47.5 Å². The van der Waals surface area contributed by atoms with Crippen LogP contribution < -0.4 is 10.5 Å². The Balaban J connectivity index is 2.29. The van der Waals surface area contributed by atoms with Crippen molar-refractivity contribution in [3.63, 3.8) is 0 Å². The lowest BCUT2D eigenvalue weighted by molar-refractivity contribution is 0.0957. The van der Waals surface area contributed by atoms with E-state index < -0.39 is 17.6 Å². The van der Waals surface area contributed by atoms with Gasteiger partial charge in [0.25, 0.3) is 0 Å². The fourth-order valence-corrected chi connectivity index (χ4v) is 1.74. The van der Waals surface area contributed by atoms with Crippen LogP contribution in [0.2, 0.25) is 0 Å². The molecule has 0 amide bonds. The number of aryl methyl sites for hydroxylation is 1. The number of halogens is 1. The summed E-state index contributed by atoms with van der Waals surface area (Å²) in [5.74, 6) is -0.791. The summed E-state index contributed by atoms with van der Waals surface area (Å²) in [4.78, 5) is 12.1. The molecule has 0 aliphatic carbocycles.